The quantitative estimate of drug-likeness (QED) is 0.813. The molecule has 0 bridgehead atoms. The highest BCUT2D eigenvalue weighted by molar-refractivity contribution is 5.86. The molecule has 0 radical (unpaired) electrons. The number of likely N-dealkylation sites (tertiary alicyclic amines) is 1. The van der Waals surface area contributed by atoms with Crippen molar-refractivity contribution in [2.45, 2.75) is 64.4 Å². The molecule has 1 aromatic heterocycles. The number of ether oxygens (including phenoxy) is 1. The van der Waals surface area contributed by atoms with Gasteiger partial charge in [-0.2, -0.15) is 0 Å². The molecular weight excluding hydrogens is 355 g/mol. The molecule has 1 saturated carbocycles. The topological polar surface area (TPSA) is 45.3 Å². The summed E-state index contributed by atoms with van der Waals surface area (Å²) >= 11 is 0. The number of aryl methyl sites for hydroxylation is 1. The van der Waals surface area contributed by atoms with Crippen LogP contribution in [-0.2, 0) is 6.42 Å². The number of rotatable bonds is 5. The first-order valence-electron chi connectivity index (χ1n) is 10.9. The van der Waals surface area contributed by atoms with E-state index in [4.69, 9.17) is 4.74 Å². The number of H-pyrrole nitrogens is 1. The van der Waals surface area contributed by atoms with Crippen LogP contribution in [0.3, 0.4) is 0 Å². The van der Waals surface area contributed by atoms with Crippen molar-refractivity contribution in [2.75, 3.05) is 19.6 Å². The molecule has 152 valence electrons. The number of piperidine rings is 1. The third kappa shape index (κ3) is 4.24. The number of pyridine rings is 1. The molecule has 1 aliphatic carbocycles. The van der Waals surface area contributed by atoms with E-state index < -0.39 is 5.82 Å². The SMILES string of the molecule is CCc1c[nH]c(=O)c2cc(F)c(OC3CCN(CC4CCCCC4)CC3)cc12. The second-order valence-corrected chi connectivity index (χ2v) is 8.45. The van der Waals surface area contributed by atoms with E-state index in [-0.39, 0.29) is 17.4 Å². The minimum atomic E-state index is -0.448. The molecule has 2 heterocycles. The number of nitrogens with zero attached hydrogens (tertiary/aromatic N) is 1. The Morgan fingerprint density at radius 1 is 1.11 bits per heavy atom. The van der Waals surface area contributed by atoms with Crippen LogP contribution in [0.2, 0.25) is 0 Å². The van der Waals surface area contributed by atoms with Gasteiger partial charge in [0.2, 0.25) is 0 Å². The standard InChI is InChI=1S/C23H31FN2O2/c1-2-17-14-25-23(27)20-12-21(24)22(13-19(17)20)28-18-8-10-26(11-9-18)15-16-6-4-3-5-7-16/h12-14,16,18H,2-11,15H2,1H3,(H,25,27). The molecule has 1 N–H and O–H groups in total. The highest BCUT2D eigenvalue weighted by atomic mass is 19.1. The van der Waals surface area contributed by atoms with Gasteiger partial charge in [0.25, 0.3) is 5.56 Å². The van der Waals surface area contributed by atoms with Crippen LogP contribution < -0.4 is 10.3 Å². The van der Waals surface area contributed by atoms with Gasteiger partial charge >= 0.3 is 0 Å². The molecule has 4 nitrogen and oxygen atoms in total. The van der Waals surface area contributed by atoms with Crippen LogP contribution in [0, 0.1) is 11.7 Å². The molecule has 5 heteroatoms. The third-order valence-electron chi connectivity index (χ3n) is 6.49. The molecule has 2 aliphatic rings. The molecule has 4 rings (SSSR count). The molecule has 1 saturated heterocycles. The lowest BCUT2D eigenvalue weighted by Crippen LogP contribution is -2.41. The van der Waals surface area contributed by atoms with Crippen LogP contribution in [0.25, 0.3) is 10.8 Å². The summed E-state index contributed by atoms with van der Waals surface area (Å²) < 4.78 is 20.6. The Balaban J connectivity index is 1.41. The third-order valence-corrected chi connectivity index (χ3v) is 6.49. The Labute approximate surface area is 166 Å². The van der Waals surface area contributed by atoms with Gasteiger partial charge in [-0.15, -0.1) is 0 Å². The summed E-state index contributed by atoms with van der Waals surface area (Å²) in [7, 11) is 0. The van der Waals surface area contributed by atoms with Crippen molar-refractivity contribution in [3.05, 3.63) is 40.1 Å². The summed E-state index contributed by atoms with van der Waals surface area (Å²) in [5, 5.41) is 1.18. The van der Waals surface area contributed by atoms with Crippen LogP contribution in [0.4, 0.5) is 4.39 Å². The number of halogens is 1. The maximum absolute atomic E-state index is 14.6. The van der Waals surface area contributed by atoms with E-state index >= 15 is 0 Å². The lowest BCUT2D eigenvalue weighted by Gasteiger charge is -2.35. The van der Waals surface area contributed by atoms with E-state index in [9.17, 15) is 9.18 Å². The minimum Gasteiger partial charge on any atom is -0.487 e. The van der Waals surface area contributed by atoms with E-state index in [0.717, 1.165) is 49.2 Å². The Morgan fingerprint density at radius 2 is 1.86 bits per heavy atom. The number of hydrogen-bond donors (Lipinski definition) is 1. The van der Waals surface area contributed by atoms with Crippen molar-refractivity contribution in [1.29, 1.82) is 0 Å². The summed E-state index contributed by atoms with van der Waals surface area (Å²) in [6.07, 6.45) is 11.3. The van der Waals surface area contributed by atoms with Crippen LogP contribution in [-0.4, -0.2) is 35.6 Å². The van der Waals surface area contributed by atoms with Gasteiger partial charge in [0, 0.05) is 25.8 Å². The molecule has 0 amide bonds. The fourth-order valence-electron chi connectivity index (χ4n) is 4.82. The highest BCUT2D eigenvalue weighted by Crippen LogP contribution is 2.29. The van der Waals surface area contributed by atoms with Crippen molar-refractivity contribution in [3.8, 4) is 5.75 Å². The Bertz CT molecular complexity index is 865. The van der Waals surface area contributed by atoms with Gasteiger partial charge in [-0.25, -0.2) is 4.39 Å². The molecule has 2 aromatic rings. The first kappa shape index (κ1) is 19.4. The maximum atomic E-state index is 14.6. The van der Waals surface area contributed by atoms with Gasteiger partial charge in [-0.05, 0) is 61.1 Å². The first-order chi connectivity index (χ1) is 13.6. The van der Waals surface area contributed by atoms with Crippen molar-refractivity contribution in [2.24, 2.45) is 5.92 Å². The summed E-state index contributed by atoms with van der Waals surface area (Å²) in [5.41, 5.74) is 0.746. The van der Waals surface area contributed by atoms with Crippen molar-refractivity contribution in [3.63, 3.8) is 0 Å². The lowest BCUT2D eigenvalue weighted by atomic mass is 9.88. The molecule has 0 atom stereocenters. The van der Waals surface area contributed by atoms with Crippen molar-refractivity contribution >= 4 is 10.8 Å². The van der Waals surface area contributed by atoms with Gasteiger partial charge in [0.1, 0.15) is 6.10 Å². The van der Waals surface area contributed by atoms with Crippen LogP contribution in [0.1, 0.15) is 57.4 Å². The van der Waals surface area contributed by atoms with Gasteiger partial charge < -0.3 is 14.6 Å². The number of aromatic amines is 1. The molecule has 1 aromatic carbocycles. The monoisotopic (exact) mass is 386 g/mol. The molecule has 28 heavy (non-hydrogen) atoms. The summed E-state index contributed by atoms with van der Waals surface area (Å²) in [6, 6.07) is 3.04. The lowest BCUT2D eigenvalue weighted by molar-refractivity contribution is 0.0838. The second-order valence-electron chi connectivity index (χ2n) is 8.45. The fraction of sp³-hybridized carbons (Fsp3) is 0.609. The number of nitrogens with one attached hydrogen (secondary N) is 1. The summed E-state index contributed by atoms with van der Waals surface area (Å²) in [6.45, 7) is 5.28. The first-order valence-corrected chi connectivity index (χ1v) is 10.9. The zero-order valence-electron chi connectivity index (χ0n) is 16.8. The second kappa shape index (κ2) is 8.64. The number of fused-ring (bicyclic) bond motifs is 1. The van der Waals surface area contributed by atoms with E-state index in [2.05, 4.69) is 9.88 Å². The summed E-state index contributed by atoms with van der Waals surface area (Å²) in [4.78, 5) is 17.3. The van der Waals surface area contributed by atoms with Gasteiger partial charge in [-0.1, -0.05) is 26.2 Å². The normalized spacial score (nSPS) is 19.9. The van der Waals surface area contributed by atoms with Crippen LogP contribution in [0.5, 0.6) is 5.75 Å². The molecule has 2 fully saturated rings. The van der Waals surface area contributed by atoms with Gasteiger partial charge in [0.05, 0.1) is 5.39 Å². The average molecular weight is 387 g/mol. The van der Waals surface area contributed by atoms with Crippen molar-refractivity contribution in [1.82, 2.24) is 9.88 Å². The van der Waals surface area contributed by atoms with Crippen LogP contribution in [0.15, 0.2) is 23.1 Å². The van der Waals surface area contributed by atoms with Crippen molar-refractivity contribution < 1.29 is 9.13 Å². The average Bonchev–Trinajstić information content (AvgIpc) is 2.72. The zero-order chi connectivity index (χ0) is 19.5. The Hall–Kier alpha value is -1.88. The van der Waals surface area contributed by atoms with E-state index in [0.29, 0.717) is 5.39 Å². The van der Waals surface area contributed by atoms with E-state index in [1.54, 1.807) is 12.3 Å². The molecular formula is C23H31FN2O2. The Kier molecular flexibility index (Phi) is 6.00. The smallest absolute Gasteiger partial charge is 0.255 e. The molecule has 0 spiro atoms. The minimum absolute atomic E-state index is 0.0432. The Morgan fingerprint density at radius 3 is 2.57 bits per heavy atom. The predicted octanol–water partition coefficient (Wildman–Crippen LogP) is 4.65. The molecule has 1 aliphatic heterocycles. The predicted molar refractivity (Wildman–Crippen MR) is 111 cm³/mol. The van der Waals surface area contributed by atoms with E-state index in [1.165, 1.54) is 44.7 Å². The van der Waals surface area contributed by atoms with E-state index in [1.807, 2.05) is 6.92 Å². The fourth-order valence-corrected chi connectivity index (χ4v) is 4.82. The largest absolute Gasteiger partial charge is 0.487 e. The number of aromatic nitrogens is 1. The van der Waals surface area contributed by atoms with Gasteiger partial charge in [0.15, 0.2) is 11.6 Å². The maximum Gasteiger partial charge on any atom is 0.255 e. The number of hydrogen-bond acceptors (Lipinski definition) is 3. The number of benzene rings is 1. The molecule has 0 unspecified atom stereocenters. The zero-order valence-corrected chi connectivity index (χ0v) is 16.8. The van der Waals surface area contributed by atoms with Crippen LogP contribution >= 0.6 is 0 Å². The highest BCUT2D eigenvalue weighted by Gasteiger charge is 2.24. The van der Waals surface area contributed by atoms with Gasteiger partial charge in [-0.3, -0.25) is 4.79 Å². The summed E-state index contributed by atoms with van der Waals surface area (Å²) in [5.74, 6) is 0.684.